The highest BCUT2D eigenvalue weighted by atomic mass is 32.2. The van der Waals surface area contributed by atoms with Gasteiger partial charge in [0, 0.05) is 17.3 Å². The summed E-state index contributed by atoms with van der Waals surface area (Å²) in [6.07, 6.45) is 2.92. The maximum atomic E-state index is 13.4. The van der Waals surface area contributed by atoms with Crippen LogP contribution in [0.4, 0.5) is 10.1 Å². The molecule has 3 aromatic rings. The lowest BCUT2D eigenvalue weighted by Crippen LogP contribution is -2.13. The Bertz CT molecular complexity index is 956. The van der Waals surface area contributed by atoms with Crippen LogP contribution in [0.25, 0.3) is 11.5 Å². The Morgan fingerprint density at radius 2 is 2.04 bits per heavy atom. The SMILES string of the molecule is COc1cc(S(=O)(=O)Nc2cccc(-c3ncco3)c2)ccc1F. The number of benzene rings is 2. The number of anilines is 1. The minimum absolute atomic E-state index is 0.109. The summed E-state index contributed by atoms with van der Waals surface area (Å²) in [5.74, 6) is -0.409. The molecule has 0 aliphatic rings. The van der Waals surface area contributed by atoms with Gasteiger partial charge in [-0.15, -0.1) is 0 Å². The van der Waals surface area contributed by atoms with Crippen molar-refractivity contribution >= 4 is 15.7 Å². The van der Waals surface area contributed by atoms with E-state index in [1.165, 1.54) is 19.6 Å². The molecule has 0 aliphatic carbocycles. The van der Waals surface area contributed by atoms with Crippen molar-refractivity contribution in [3.63, 3.8) is 0 Å². The molecule has 8 heteroatoms. The van der Waals surface area contributed by atoms with Crippen molar-refractivity contribution in [1.82, 2.24) is 4.98 Å². The van der Waals surface area contributed by atoms with Crippen molar-refractivity contribution in [3.05, 3.63) is 60.7 Å². The van der Waals surface area contributed by atoms with Crippen molar-refractivity contribution in [2.75, 3.05) is 11.8 Å². The molecular weight excluding hydrogens is 335 g/mol. The molecule has 0 unspecified atom stereocenters. The maximum absolute atomic E-state index is 13.4. The number of aromatic nitrogens is 1. The van der Waals surface area contributed by atoms with Crippen molar-refractivity contribution in [2.24, 2.45) is 0 Å². The van der Waals surface area contributed by atoms with Crippen LogP contribution >= 0.6 is 0 Å². The lowest BCUT2D eigenvalue weighted by molar-refractivity contribution is 0.385. The summed E-state index contributed by atoms with van der Waals surface area (Å²) in [6.45, 7) is 0. The van der Waals surface area contributed by atoms with E-state index in [0.29, 0.717) is 17.1 Å². The molecule has 0 saturated heterocycles. The average molecular weight is 348 g/mol. The van der Waals surface area contributed by atoms with E-state index in [1.807, 2.05) is 0 Å². The molecule has 1 aromatic heterocycles. The Balaban J connectivity index is 1.91. The fourth-order valence-corrected chi connectivity index (χ4v) is 3.17. The Kier molecular flexibility index (Phi) is 4.22. The van der Waals surface area contributed by atoms with Gasteiger partial charge in [0.05, 0.1) is 18.2 Å². The van der Waals surface area contributed by atoms with E-state index < -0.39 is 15.8 Å². The zero-order chi connectivity index (χ0) is 17.2. The summed E-state index contributed by atoms with van der Waals surface area (Å²) in [5.41, 5.74) is 0.950. The van der Waals surface area contributed by atoms with Gasteiger partial charge in [-0.25, -0.2) is 17.8 Å². The zero-order valence-corrected chi connectivity index (χ0v) is 13.4. The van der Waals surface area contributed by atoms with Gasteiger partial charge in [0.1, 0.15) is 6.26 Å². The normalized spacial score (nSPS) is 11.2. The first-order valence-electron chi connectivity index (χ1n) is 6.86. The largest absolute Gasteiger partial charge is 0.494 e. The molecular formula is C16H13FN2O4S. The number of hydrogen-bond acceptors (Lipinski definition) is 5. The van der Waals surface area contributed by atoms with E-state index in [4.69, 9.17) is 9.15 Å². The summed E-state index contributed by atoms with van der Waals surface area (Å²) in [7, 11) is -2.63. The Labute approximate surface area is 138 Å². The summed E-state index contributed by atoms with van der Waals surface area (Å²) in [5, 5.41) is 0. The van der Waals surface area contributed by atoms with E-state index in [2.05, 4.69) is 9.71 Å². The van der Waals surface area contributed by atoms with Crippen molar-refractivity contribution in [3.8, 4) is 17.2 Å². The zero-order valence-electron chi connectivity index (χ0n) is 12.6. The average Bonchev–Trinajstić information content (AvgIpc) is 3.09. The van der Waals surface area contributed by atoms with Crippen LogP contribution in [-0.4, -0.2) is 20.5 Å². The molecule has 0 radical (unpaired) electrons. The van der Waals surface area contributed by atoms with Crippen LogP contribution in [0.15, 0.2) is 64.2 Å². The van der Waals surface area contributed by atoms with E-state index >= 15 is 0 Å². The van der Waals surface area contributed by atoms with E-state index in [1.54, 1.807) is 24.3 Å². The molecule has 1 N–H and O–H groups in total. The van der Waals surface area contributed by atoms with Crippen LogP contribution in [0, 0.1) is 5.82 Å². The minimum atomic E-state index is -3.90. The molecule has 0 amide bonds. The summed E-state index contributed by atoms with van der Waals surface area (Å²) in [4.78, 5) is 3.90. The van der Waals surface area contributed by atoms with Gasteiger partial charge in [-0.3, -0.25) is 4.72 Å². The second-order valence-electron chi connectivity index (χ2n) is 4.82. The number of ether oxygens (including phenoxy) is 1. The van der Waals surface area contributed by atoms with E-state index in [9.17, 15) is 12.8 Å². The predicted octanol–water partition coefficient (Wildman–Crippen LogP) is 3.29. The Hall–Kier alpha value is -2.87. The molecule has 0 aliphatic heterocycles. The Morgan fingerprint density at radius 1 is 1.21 bits per heavy atom. The highest BCUT2D eigenvalue weighted by Gasteiger charge is 2.17. The molecule has 0 saturated carbocycles. The molecule has 0 fully saturated rings. The van der Waals surface area contributed by atoms with Gasteiger partial charge in [0.25, 0.3) is 10.0 Å². The summed E-state index contributed by atoms with van der Waals surface area (Å²) in [6, 6.07) is 9.91. The molecule has 24 heavy (non-hydrogen) atoms. The van der Waals surface area contributed by atoms with Gasteiger partial charge in [0.2, 0.25) is 5.89 Å². The van der Waals surface area contributed by atoms with Crippen LogP contribution in [0.3, 0.4) is 0 Å². The van der Waals surface area contributed by atoms with Gasteiger partial charge >= 0.3 is 0 Å². The number of nitrogens with one attached hydrogen (secondary N) is 1. The van der Waals surface area contributed by atoms with Gasteiger partial charge < -0.3 is 9.15 Å². The van der Waals surface area contributed by atoms with Gasteiger partial charge in [-0.2, -0.15) is 0 Å². The molecule has 3 rings (SSSR count). The fraction of sp³-hybridized carbons (Fsp3) is 0.0625. The van der Waals surface area contributed by atoms with Gasteiger partial charge in [0.15, 0.2) is 11.6 Å². The fourth-order valence-electron chi connectivity index (χ4n) is 2.10. The smallest absolute Gasteiger partial charge is 0.262 e. The number of halogens is 1. The molecule has 0 atom stereocenters. The molecule has 124 valence electrons. The highest BCUT2D eigenvalue weighted by Crippen LogP contribution is 2.25. The first-order valence-corrected chi connectivity index (χ1v) is 8.34. The van der Waals surface area contributed by atoms with Crippen LogP contribution < -0.4 is 9.46 Å². The third kappa shape index (κ3) is 3.23. The number of hydrogen-bond donors (Lipinski definition) is 1. The topological polar surface area (TPSA) is 81.4 Å². The molecule has 1 heterocycles. The lowest BCUT2D eigenvalue weighted by Gasteiger charge is -2.10. The monoisotopic (exact) mass is 348 g/mol. The second-order valence-corrected chi connectivity index (χ2v) is 6.50. The number of methoxy groups -OCH3 is 1. The molecule has 0 spiro atoms. The summed E-state index contributed by atoms with van der Waals surface area (Å²) >= 11 is 0. The third-order valence-electron chi connectivity index (χ3n) is 3.23. The summed E-state index contributed by atoms with van der Waals surface area (Å²) < 4.78 is 50.8. The van der Waals surface area contributed by atoms with E-state index in [-0.39, 0.29) is 10.6 Å². The van der Waals surface area contributed by atoms with E-state index in [0.717, 1.165) is 18.2 Å². The number of nitrogens with zero attached hydrogens (tertiary/aromatic N) is 1. The molecule has 6 nitrogen and oxygen atoms in total. The Morgan fingerprint density at radius 3 is 2.75 bits per heavy atom. The lowest BCUT2D eigenvalue weighted by atomic mass is 10.2. The van der Waals surface area contributed by atoms with Gasteiger partial charge in [-0.1, -0.05) is 6.07 Å². The first-order chi connectivity index (χ1) is 11.5. The standard InChI is InChI=1S/C16H13FN2O4S/c1-22-15-10-13(5-6-14(15)17)24(20,21)19-12-4-2-3-11(9-12)16-18-7-8-23-16/h2-10,19H,1H3. The van der Waals surface area contributed by atoms with Crippen LogP contribution in [-0.2, 0) is 10.0 Å². The van der Waals surface area contributed by atoms with Crippen molar-refractivity contribution < 1.29 is 22.0 Å². The number of rotatable bonds is 5. The highest BCUT2D eigenvalue weighted by molar-refractivity contribution is 7.92. The quantitative estimate of drug-likeness (QED) is 0.765. The number of oxazole rings is 1. The van der Waals surface area contributed by atoms with Crippen LogP contribution in [0.1, 0.15) is 0 Å². The molecule has 2 aromatic carbocycles. The van der Waals surface area contributed by atoms with Crippen molar-refractivity contribution in [1.29, 1.82) is 0 Å². The maximum Gasteiger partial charge on any atom is 0.262 e. The van der Waals surface area contributed by atoms with Crippen LogP contribution in [0.2, 0.25) is 0 Å². The minimum Gasteiger partial charge on any atom is -0.494 e. The molecule has 0 bridgehead atoms. The predicted molar refractivity (Wildman–Crippen MR) is 85.7 cm³/mol. The first kappa shape index (κ1) is 16.0. The third-order valence-corrected chi connectivity index (χ3v) is 4.61. The van der Waals surface area contributed by atoms with Gasteiger partial charge in [-0.05, 0) is 30.3 Å². The number of sulfonamides is 1. The second kappa shape index (κ2) is 6.32. The van der Waals surface area contributed by atoms with Crippen molar-refractivity contribution in [2.45, 2.75) is 4.90 Å². The van der Waals surface area contributed by atoms with Crippen LogP contribution in [0.5, 0.6) is 5.75 Å².